The van der Waals surface area contributed by atoms with Gasteiger partial charge < -0.3 is 24.4 Å². The summed E-state index contributed by atoms with van der Waals surface area (Å²) in [5.74, 6) is -0.479. The van der Waals surface area contributed by atoms with Crippen molar-refractivity contribution in [2.75, 3.05) is 19.8 Å². The minimum absolute atomic E-state index is 0.146. The lowest BCUT2D eigenvalue weighted by Crippen LogP contribution is -2.50. The second-order valence-electron chi connectivity index (χ2n) is 5.36. The van der Waals surface area contributed by atoms with Crippen LogP contribution in [0, 0.1) is 0 Å². The monoisotopic (exact) mass is 244 g/mol. The quantitative estimate of drug-likeness (QED) is 0.725. The Morgan fingerprint density at radius 1 is 1.00 bits per heavy atom. The molecule has 0 bridgehead atoms. The number of aliphatic hydroxyl groups is 2. The molecule has 3 fully saturated rings. The van der Waals surface area contributed by atoms with Crippen molar-refractivity contribution in [2.24, 2.45) is 0 Å². The van der Waals surface area contributed by atoms with Crippen molar-refractivity contribution in [1.82, 2.24) is 0 Å². The molecule has 2 heterocycles. The molecule has 2 aliphatic heterocycles. The van der Waals surface area contributed by atoms with E-state index in [9.17, 15) is 10.2 Å². The summed E-state index contributed by atoms with van der Waals surface area (Å²) in [5.41, 5.74) is -0.981. The van der Waals surface area contributed by atoms with Crippen LogP contribution in [0.15, 0.2) is 0 Å². The summed E-state index contributed by atoms with van der Waals surface area (Å²) in [6.07, 6.45) is 4.80. The van der Waals surface area contributed by atoms with Crippen molar-refractivity contribution >= 4 is 0 Å². The summed E-state index contributed by atoms with van der Waals surface area (Å²) in [5, 5.41) is 18.9. The lowest BCUT2D eigenvalue weighted by molar-refractivity contribution is -0.237. The average Bonchev–Trinajstić information content (AvgIpc) is 2.86. The number of hydrogen-bond donors (Lipinski definition) is 2. The lowest BCUT2D eigenvalue weighted by Gasteiger charge is -2.35. The van der Waals surface area contributed by atoms with Crippen LogP contribution in [-0.2, 0) is 14.2 Å². The van der Waals surface area contributed by atoms with Gasteiger partial charge in [0, 0.05) is 12.8 Å². The van der Waals surface area contributed by atoms with E-state index in [0.29, 0.717) is 6.61 Å². The van der Waals surface area contributed by atoms with Crippen LogP contribution in [0.2, 0.25) is 0 Å². The maximum atomic E-state index is 9.43. The fraction of sp³-hybridized carbons (Fsp3) is 1.00. The smallest absolute Gasteiger partial charge is 0.169 e. The van der Waals surface area contributed by atoms with Gasteiger partial charge in [-0.3, -0.25) is 0 Å². The number of fused-ring (bicyclic) bond motifs is 1. The first-order chi connectivity index (χ1) is 8.24. The number of aliphatic hydroxyl groups excluding tert-OH is 2. The van der Waals surface area contributed by atoms with Crippen molar-refractivity contribution in [1.29, 1.82) is 0 Å². The highest BCUT2D eigenvalue weighted by molar-refractivity contribution is 5.04. The van der Waals surface area contributed by atoms with Gasteiger partial charge in [0.2, 0.25) is 0 Å². The topological polar surface area (TPSA) is 68.2 Å². The molecule has 0 aromatic carbocycles. The third-order valence-electron chi connectivity index (χ3n) is 4.25. The molecule has 17 heavy (non-hydrogen) atoms. The molecule has 3 rings (SSSR count). The molecule has 1 spiro atoms. The highest BCUT2D eigenvalue weighted by atomic mass is 16.8. The predicted octanol–water partition coefficient (Wildman–Crippen LogP) is 0.184. The Hall–Kier alpha value is -0.200. The van der Waals surface area contributed by atoms with Crippen LogP contribution < -0.4 is 0 Å². The molecule has 98 valence electrons. The molecule has 1 aliphatic carbocycles. The molecule has 0 radical (unpaired) electrons. The van der Waals surface area contributed by atoms with E-state index in [-0.39, 0.29) is 25.4 Å². The molecule has 0 amide bonds. The molecule has 0 aromatic heterocycles. The summed E-state index contributed by atoms with van der Waals surface area (Å²) in [6, 6.07) is 0. The normalized spacial score (nSPS) is 38.5. The SMILES string of the molecule is OCC1(CO)OC[C@@H]2OC3(CCCCC3)O[C@@H]21. The third-order valence-corrected chi connectivity index (χ3v) is 4.25. The van der Waals surface area contributed by atoms with E-state index in [1.807, 2.05) is 0 Å². The molecule has 5 nitrogen and oxygen atoms in total. The fourth-order valence-corrected chi connectivity index (χ4v) is 3.22. The van der Waals surface area contributed by atoms with Gasteiger partial charge >= 0.3 is 0 Å². The molecule has 1 saturated carbocycles. The first kappa shape index (κ1) is 11.9. The number of hydrogen-bond acceptors (Lipinski definition) is 5. The Kier molecular flexibility index (Phi) is 2.91. The predicted molar refractivity (Wildman–Crippen MR) is 58.4 cm³/mol. The first-order valence-corrected chi connectivity index (χ1v) is 6.45. The summed E-state index contributed by atoms with van der Waals surface area (Å²) in [7, 11) is 0. The van der Waals surface area contributed by atoms with E-state index in [1.165, 1.54) is 6.42 Å². The van der Waals surface area contributed by atoms with Crippen LogP contribution >= 0.6 is 0 Å². The summed E-state index contributed by atoms with van der Waals surface area (Å²) < 4.78 is 17.5. The Balaban J connectivity index is 1.78. The van der Waals surface area contributed by atoms with Gasteiger partial charge in [-0.05, 0) is 12.8 Å². The molecular formula is C12H20O5. The molecule has 0 aromatic rings. The van der Waals surface area contributed by atoms with Crippen LogP contribution in [0.4, 0.5) is 0 Å². The molecule has 5 heteroatoms. The van der Waals surface area contributed by atoms with Crippen LogP contribution in [-0.4, -0.2) is 53.6 Å². The van der Waals surface area contributed by atoms with Gasteiger partial charge in [-0.25, -0.2) is 0 Å². The standard InChI is InChI=1S/C12H20O5/c13-7-11(8-14)10-9(6-15-11)16-12(17-10)4-2-1-3-5-12/h9-10,13-14H,1-8H2/t9-,10-/m0/s1. The van der Waals surface area contributed by atoms with E-state index >= 15 is 0 Å². The molecule has 2 atom stereocenters. The maximum Gasteiger partial charge on any atom is 0.169 e. The van der Waals surface area contributed by atoms with Crippen molar-refractivity contribution in [3.8, 4) is 0 Å². The summed E-state index contributed by atoms with van der Waals surface area (Å²) in [6.45, 7) is -0.0677. The van der Waals surface area contributed by atoms with Gasteiger partial charge in [0.15, 0.2) is 5.79 Å². The highest BCUT2D eigenvalue weighted by Gasteiger charge is 2.60. The fourth-order valence-electron chi connectivity index (χ4n) is 3.22. The van der Waals surface area contributed by atoms with Gasteiger partial charge in [0.05, 0.1) is 19.8 Å². The van der Waals surface area contributed by atoms with E-state index in [0.717, 1.165) is 25.7 Å². The largest absolute Gasteiger partial charge is 0.393 e. The van der Waals surface area contributed by atoms with E-state index in [2.05, 4.69) is 0 Å². The van der Waals surface area contributed by atoms with E-state index in [4.69, 9.17) is 14.2 Å². The van der Waals surface area contributed by atoms with Gasteiger partial charge in [-0.1, -0.05) is 6.42 Å². The number of ether oxygens (including phenoxy) is 3. The average molecular weight is 244 g/mol. The third kappa shape index (κ3) is 1.72. The molecule has 2 saturated heterocycles. The molecule has 3 aliphatic rings. The van der Waals surface area contributed by atoms with Gasteiger partial charge in [-0.15, -0.1) is 0 Å². The van der Waals surface area contributed by atoms with Gasteiger partial charge in [0.1, 0.15) is 17.8 Å². The maximum absolute atomic E-state index is 9.43. The van der Waals surface area contributed by atoms with E-state index in [1.54, 1.807) is 0 Å². The zero-order valence-electron chi connectivity index (χ0n) is 9.93. The highest BCUT2D eigenvalue weighted by Crippen LogP contribution is 2.46. The van der Waals surface area contributed by atoms with Crippen molar-refractivity contribution in [3.05, 3.63) is 0 Å². The Morgan fingerprint density at radius 2 is 1.71 bits per heavy atom. The molecule has 2 N–H and O–H groups in total. The number of rotatable bonds is 2. The Bertz CT molecular complexity index is 283. The van der Waals surface area contributed by atoms with Crippen molar-refractivity contribution in [2.45, 2.75) is 55.7 Å². The zero-order chi connectivity index (χ0) is 11.9. The summed E-state index contributed by atoms with van der Waals surface area (Å²) >= 11 is 0. The Labute approximate surface area is 101 Å². The van der Waals surface area contributed by atoms with Crippen molar-refractivity contribution in [3.63, 3.8) is 0 Å². The van der Waals surface area contributed by atoms with Crippen LogP contribution in [0.1, 0.15) is 32.1 Å². The second kappa shape index (κ2) is 4.17. The Morgan fingerprint density at radius 3 is 2.35 bits per heavy atom. The zero-order valence-corrected chi connectivity index (χ0v) is 9.93. The second-order valence-corrected chi connectivity index (χ2v) is 5.36. The van der Waals surface area contributed by atoms with Gasteiger partial charge in [0.25, 0.3) is 0 Å². The van der Waals surface area contributed by atoms with Crippen LogP contribution in [0.5, 0.6) is 0 Å². The van der Waals surface area contributed by atoms with Crippen LogP contribution in [0.25, 0.3) is 0 Å². The minimum Gasteiger partial charge on any atom is -0.393 e. The van der Waals surface area contributed by atoms with Gasteiger partial charge in [-0.2, -0.15) is 0 Å². The minimum atomic E-state index is -0.981. The first-order valence-electron chi connectivity index (χ1n) is 6.45. The van der Waals surface area contributed by atoms with Crippen LogP contribution in [0.3, 0.4) is 0 Å². The molecule has 0 unspecified atom stereocenters. The van der Waals surface area contributed by atoms with Crippen molar-refractivity contribution < 1.29 is 24.4 Å². The summed E-state index contributed by atoms with van der Waals surface area (Å²) in [4.78, 5) is 0. The lowest BCUT2D eigenvalue weighted by atomic mass is 9.94. The molecular weight excluding hydrogens is 224 g/mol. The van der Waals surface area contributed by atoms with E-state index < -0.39 is 11.4 Å².